The second-order valence-electron chi connectivity index (χ2n) is 3.94. The summed E-state index contributed by atoms with van der Waals surface area (Å²) in [6.07, 6.45) is 13.8. The molecule has 6 nitrogen and oxygen atoms in total. The number of sulfone groups is 1. The van der Waals surface area contributed by atoms with E-state index in [1.165, 1.54) is 6.20 Å². The quantitative estimate of drug-likeness (QED) is 0.487. The first kappa shape index (κ1) is 15.7. The van der Waals surface area contributed by atoms with Crippen LogP contribution in [0, 0.1) is 24.7 Å². The average Bonchev–Trinajstić information content (AvgIpc) is 2.38. The van der Waals surface area contributed by atoms with Gasteiger partial charge in [-0.25, -0.2) is 18.4 Å². The van der Waals surface area contributed by atoms with E-state index in [0.29, 0.717) is 12.8 Å². The fourth-order valence-corrected chi connectivity index (χ4v) is 1.81. The molecule has 0 aliphatic carbocycles. The predicted molar refractivity (Wildman–Crippen MR) is 74.4 cm³/mol. The maximum Gasteiger partial charge on any atom is 0.248 e. The summed E-state index contributed by atoms with van der Waals surface area (Å²) in [5.41, 5.74) is 0.219. The van der Waals surface area contributed by atoms with Gasteiger partial charge in [0.25, 0.3) is 0 Å². The van der Waals surface area contributed by atoms with E-state index in [1.54, 1.807) is 0 Å². The summed E-state index contributed by atoms with van der Waals surface area (Å²) in [7, 11) is -3.55. The summed E-state index contributed by atoms with van der Waals surface area (Å²) in [5.74, 6) is 4.36. The monoisotopic (exact) mass is 291 g/mol. The summed E-state index contributed by atoms with van der Waals surface area (Å²) >= 11 is 0. The lowest BCUT2D eigenvalue weighted by atomic mass is 10.2. The third kappa shape index (κ3) is 4.38. The van der Waals surface area contributed by atoms with Gasteiger partial charge in [-0.1, -0.05) is 0 Å². The molecule has 20 heavy (non-hydrogen) atoms. The van der Waals surface area contributed by atoms with Gasteiger partial charge in [0.15, 0.2) is 0 Å². The Kier molecular flexibility index (Phi) is 5.24. The van der Waals surface area contributed by atoms with E-state index in [0.717, 1.165) is 6.26 Å². The van der Waals surface area contributed by atoms with Gasteiger partial charge in [0, 0.05) is 19.1 Å². The number of hydrogen-bond donors (Lipinski definition) is 1. The maximum absolute atomic E-state index is 11.6. The Labute approximate surface area is 117 Å². The topological polar surface area (TPSA) is 89.0 Å². The van der Waals surface area contributed by atoms with E-state index in [1.807, 2.05) is 0 Å². The van der Waals surface area contributed by atoms with E-state index in [9.17, 15) is 13.2 Å². The number of nitrogens with one attached hydrogen (secondary N) is 1. The number of anilines is 1. The highest BCUT2D eigenvalue weighted by Crippen LogP contribution is 2.14. The lowest BCUT2D eigenvalue weighted by Gasteiger charge is -2.07. The fraction of sp³-hybridized carbons (Fsp3) is 0.308. The van der Waals surface area contributed by atoms with Crippen LogP contribution < -0.4 is 5.32 Å². The number of hydrogen-bond acceptors (Lipinski definition) is 5. The van der Waals surface area contributed by atoms with Crippen LogP contribution >= 0.6 is 0 Å². The lowest BCUT2D eigenvalue weighted by molar-refractivity contribution is -0.116. The van der Waals surface area contributed by atoms with Gasteiger partial charge in [0.2, 0.25) is 20.9 Å². The van der Waals surface area contributed by atoms with Gasteiger partial charge in [-0.2, -0.15) is 0 Å². The number of amides is 1. The number of unbranched alkanes of at least 4 members (excludes halogenated alkanes) is 1. The molecule has 7 heteroatoms. The van der Waals surface area contributed by atoms with Crippen LogP contribution in [0.15, 0.2) is 11.4 Å². The van der Waals surface area contributed by atoms with Crippen molar-refractivity contribution >= 4 is 21.4 Å². The summed E-state index contributed by atoms with van der Waals surface area (Å²) in [5, 5.41) is 2.15. The number of rotatable bonds is 5. The van der Waals surface area contributed by atoms with Crippen LogP contribution in [0.2, 0.25) is 0 Å². The van der Waals surface area contributed by atoms with Crippen molar-refractivity contribution in [3.8, 4) is 24.7 Å². The number of aromatic nitrogens is 2. The number of nitrogens with zero attached hydrogens (tertiary/aromatic N) is 2. The van der Waals surface area contributed by atoms with Crippen molar-refractivity contribution < 1.29 is 13.2 Å². The molecule has 1 heterocycles. The van der Waals surface area contributed by atoms with Crippen LogP contribution in [0.5, 0.6) is 0 Å². The Balaban J connectivity index is 2.90. The number of carbonyl (C=O) groups is 1. The molecule has 0 saturated heterocycles. The molecule has 0 fully saturated rings. The molecule has 0 bridgehead atoms. The largest absolute Gasteiger partial charge is 0.322 e. The van der Waals surface area contributed by atoms with E-state index in [-0.39, 0.29) is 28.9 Å². The highest BCUT2D eigenvalue weighted by molar-refractivity contribution is 7.90. The molecule has 1 amide bonds. The van der Waals surface area contributed by atoms with Crippen LogP contribution in [0.1, 0.15) is 25.0 Å². The summed E-state index contributed by atoms with van der Waals surface area (Å²) in [6.45, 7) is 0. The normalized spacial score (nSPS) is 10.3. The molecule has 0 unspecified atom stereocenters. The zero-order valence-corrected chi connectivity index (χ0v) is 11.7. The van der Waals surface area contributed by atoms with Gasteiger partial charge in [-0.3, -0.25) is 4.79 Å². The van der Waals surface area contributed by atoms with E-state index >= 15 is 0 Å². The molecule has 104 valence electrons. The summed E-state index contributed by atoms with van der Waals surface area (Å²) < 4.78 is 22.6. The highest BCUT2D eigenvalue weighted by atomic mass is 32.2. The van der Waals surface area contributed by atoms with Crippen molar-refractivity contribution in [2.75, 3.05) is 11.6 Å². The van der Waals surface area contributed by atoms with E-state index < -0.39 is 9.84 Å². The molecule has 1 N–H and O–H groups in total. The third-order valence-electron chi connectivity index (χ3n) is 2.23. The number of terminal acetylenes is 2. The predicted octanol–water partition coefficient (Wildman–Crippen LogP) is 0.603. The SMILES string of the molecule is C#CCCCC(=O)Nc1cnc(S(C)(=O)=O)nc1C#C. The highest BCUT2D eigenvalue weighted by Gasteiger charge is 2.15. The Bertz CT molecular complexity index is 697. The zero-order valence-electron chi connectivity index (χ0n) is 10.9. The van der Waals surface area contributed by atoms with E-state index in [2.05, 4.69) is 27.1 Å². The standard InChI is InChI=1S/C13H13N3O3S/c1-4-6-7-8-12(17)15-11-9-14-13(20(3,18)19)16-10(11)5-2/h1-2,9H,6-8H2,3H3,(H,15,17). The summed E-state index contributed by atoms with van der Waals surface area (Å²) in [6, 6.07) is 0. The molecule has 0 aliphatic heterocycles. The van der Waals surface area contributed by atoms with Crippen molar-refractivity contribution in [3.63, 3.8) is 0 Å². The molecule has 0 radical (unpaired) electrons. The minimum absolute atomic E-state index is 0.0192. The van der Waals surface area contributed by atoms with Gasteiger partial charge in [-0.05, 0) is 12.3 Å². The van der Waals surface area contributed by atoms with Gasteiger partial charge in [-0.15, -0.1) is 18.8 Å². The van der Waals surface area contributed by atoms with Crippen molar-refractivity contribution in [1.82, 2.24) is 9.97 Å². The smallest absolute Gasteiger partial charge is 0.248 e. The third-order valence-corrected chi connectivity index (χ3v) is 3.09. The molecule has 1 aromatic heterocycles. The van der Waals surface area contributed by atoms with Gasteiger partial charge in [0.1, 0.15) is 5.69 Å². The Morgan fingerprint density at radius 1 is 1.45 bits per heavy atom. The Hall–Kier alpha value is -2.38. The molecule has 0 aliphatic rings. The first-order chi connectivity index (χ1) is 9.38. The molecular weight excluding hydrogens is 278 g/mol. The second kappa shape index (κ2) is 6.69. The molecule has 0 saturated carbocycles. The van der Waals surface area contributed by atoms with Crippen LogP contribution in [0.3, 0.4) is 0 Å². The second-order valence-corrected chi connectivity index (χ2v) is 5.85. The zero-order chi connectivity index (χ0) is 15.2. The Morgan fingerprint density at radius 2 is 2.15 bits per heavy atom. The minimum Gasteiger partial charge on any atom is -0.322 e. The molecular formula is C13H13N3O3S. The average molecular weight is 291 g/mol. The van der Waals surface area contributed by atoms with Crippen LogP contribution in [0.4, 0.5) is 5.69 Å². The van der Waals surface area contributed by atoms with Gasteiger partial charge >= 0.3 is 0 Å². The van der Waals surface area contributed by atoms with E-state index in [4.69, 9.17) is 12.8 Å². The molecule has 0 aromatic carbocycles. The van der Waals surface area contributed by atoms with Crippen molar-refractivity contribution in [2.45, 2.75) is 24.4 Å². The van der Waals surface area contributed by atoms with Crippen LogP contribution in [0.25, 0.3) is 0 Å². The maximum atomic E-state index is 11.6. The molecule has 0 spiro atoms. The fourth-order valence-electron chi connectivity index (χ4n) is 1.31. The molecule has 1 rings (SSSR count). The molecule has 0 atom stereocenters. The number of carbonyl (C=O) groups excluding carboxylic acids is 1. The van der Waals surface area contributed by atoms with Crippen molar-refractivity contribution in [2.24, 2.45) is 0 Å². The van der Waals surface area contributed by atoms with Gasteiger partial charge in [0.05, 0.1) is 11.9 Å². The van der Waals surface area contributed by atoms with Crippen molar-refractivity contribution in [1.29, 1.82) is 0 Å². The minimum atomic E-state index is -3.55. The lowest BCUT2D eigenvalue weighted by Crippen LogP contribution is -2.14. The van der Waals surface area contributed by atoms with Crippen LogP contribution in [-0.4, -0.2) is 30.5 Å². The van der Waals surface area contributed by atoms with Gasteiger partial charge < -0.3 is 5.32 Å². The van der Waals surface area contributed by atoms with Crippen molar-refractivity contribution in [3.05, 3.63) is 11.9 Å². The first-order valence-corrected chi connectivity index (χ1v) is 7.54. The first-order valence-electron chi connectivity index (χ1n) is 5.65. The Morgan fingerprint density at radius 3 is 2.70 bits per heavy atom. The molecule has 1 aromatic rings. The van der Waals surface area contributed by atoms with Crippen LogP contribution in [-0.2, 0) is 14.6 Å². The summed E-state index contributed by atoms with van der Waals surface area (Å²) in [4.78, 5) is 19.0.